The van der Waals surface area contributed by atoms with Gasteiger partial charge in [-0.1, -0.05) is 16.8 Å². The van der Waals surface area contributed by atoms with Gasteiger partial charge in [0.2, 0.25) is 0 Å². The Morgan fingerprint density at radius 1 is 1.00 bits per heavy atom. The monoisotopic (exact) mass is 362 g/mol. The highest BCUT2D eigenvalue weighted by molar-refractivity contribution is 6.30. The molecular weight excluding hydrogens is 344 g/mol. The smallest absolute Gasteiger partial charge is 0.365 e. The summed E-state index contributed by atoms with van der Waals surface area (Å²) in [5, 5.41) is 4.24. The van der Waals surface area contributed by atoms with Crippen molar-refractivity contribution in [3.05, 3.63) is 58.6 Å². The standard InChI is InChI=1S/C18H19ClN2O4/c1-3-23-15-10-7-13(11-16(15)24-4-2)18(22)25-21-17(20)12-5-8-14(19)9-6-12/h5-11H,3-4H2,1-2H3,(H2,20,21). The molecule has 0 heterocycles. The first-order valence-corrected chi connectivity index (χ1v) is 8.13. The van der Waals surface area contributed by atoms with Gasteiger partial charge in [0.15, 0.2) is 17.3 Å². The van der Waals surface area contributed by atoms with Gasteiger partial charge in [0.05, 0.1) is 18.8 Å². The molecule has 0 aromatic heterocycles. The second-order valence-electron chi connectivity index (χ2n) is 4.89. The summed E-state index contributed by atoms with van der Waals surface area (Å²) in [6.07, 6.45) is 0. The number of rotatable bonds is 7. The van der Waals surface area contributed by atoms with Gasteiger partial charge in [-0.05, 0) is 56.3 Å². The molecule has 2 aromatic carbocycles. The van der Waals surface area contributed by atoms with E-state index in [0.717, 1.165) is 0 Å². The number of nitrogens with zero attached hydrogens (tertiary/aromatic N) is 1. The van der Waals surface area contributed by atoms with Crippen LogP contribution in [0.5, 0.6) is 11.5 Å². The minimum atomic E-state index is -0.652. The number of oxime groups is 1. The summed E-state index contributed by atoms with van der Waals surface area (Å²) in [5.41, 5.74) is 6.67. The van der Waals surface area contributed by atoms with Crippen molar-refractivity contribution in [2.24, 2.45) is 10.9 Å². The molecule has 0 atom stereocenters. The highest BCUT2D eigenvalue weighted by Crippen LogP contribution is 2.28. The molecule has 2 N–H and O–H groups in total. The zero-order valence-electron chi connectivity index (χ0n) is 14.0. The summed E-state index contributed by atoms with van der Waals surface area (Å²) in [5.74, 6) is 0.445. The van der Waals surface area contributed by atoms with Gasteiger partial charge in [-0.15, -0.1) is 0 Å². The lowest BCUT2D eigenvalue weighted by atomic mass is 10.2. The first kappa shape index (κ1) is 18.6. The maximum absolute atomic E-state index is 12.2. The summed E-state index contributed by atoms with van der Waals surface area (Å²) >= 11 is 5.81. The maximum atomic E-state index is 12.2. The number of amidine groups is 1. The molecule has 0 spiro atoms. The third kappa shape index (κ3) is 5.12. The van der Waals surface area contributed by atoms with Crippen LogP contribution in [0.2, 0.25) is 5.02 Å². The Morgan fingerprint density at radius 2 is 1.60 bits per heavy atom. The molecule has 0 amide bonds. The van der Waals surface area contributed by atoms with Crippen LogP contribution in [0.25, 0.3) is 0 Å². The lowest BCUT2D eigenvalue weighted by Gasteiger charge is -2.11. The van der Waals surface area contributed by atoms with Crippen LogP contribution in [-0.4, -0.2) is 25.0 Å². The second kappa shape index (κ2) is 8.94. The zero-order chi connectivity index (χ0) is 18.2. The average molecular weight is 363 g/mol. The summed E-state index contributed by atoms with van der Waals surface area (Å²) in [6.45, 7) is 4.65. The fourth-order valence-electron chi connectivity index (χ4n) is 1.99. The number of benzene rings is 2. The van der Waals surface area contributed by atoms with E-state index in [9.17, 15) is 4.79 Å². The predicted octanol–water partition coefficient (Wildman–Crippen LogP) is 3.61. The molecule has 7 heteroatoms. The van der Waals surface area contributed by atoms with Crippen molar-refractivity contribution in [1.29, 1.82) is 0 Å². The Balaban J connectivity index is 2.13. The third-order valence-electron chi connectivity index (χ3n) is 3.15. The molecule has 0 bridgehead atoms. The van der Waals surface area contributed by atoms with E-state index in [2.05, 4.69) is 5.16 Å². The van der Waals surface area contributed by atoms with Crippen molar-refractivity contribution in [1.82, 2.24) is 0 Å². The van der Waals surface area contributed by atoms with Crippen molar-refractivity contribution in [2.75, 3.05) is 13.2 Å². The molecule has 0 fully saturated rings. The van der Waals surface area contributed by atoms with Gasteiger partial charge in [0, 0.05) is 10.6 Å². The van der Waals surface area contributed by atoms with Gasteiger partial charge in [-0.25, -0.2) is 4.79 Å². The Morgan fingerprint density at radius 3 is 2.24 bits per heavy atom. The van der Waals surface area contributed by atoms with E-state index in [4.69, 9.17) is 31.6 Å². The highest BCUT2D eigenvalue weighted by atomic mass is 35.5. The van der Waals surface area contributed by atoms with E-state index >= 15 is 0 Å². The van der Waals surface area contributed by atoms with E-state index in [-0.39, 0.29) is 11.4 Å². The molecule has 0 unspecified atom stereocenters. The number of carbonyl (C=O) groups excluding carboxylic acids is 1. The van der Waals surface area contributed by atoms with Crippen LogP contribution >= 0.6 is 11.6 Å². The van der Waals surface area contributed by atoms with Crippen LogP contribution in [0.1, 0.15) is 29.8 Å². The molecule has 0 saturated carbocycles. The van der Waals surface area contributed by atoms with Crippen LogP contribution in [0.4, 0.5) is 0 Å². The lowest BCUT2D eigenvalue weighted by Crippen LogP contribution is -2.15. The van der Waals surface area contributed by atoms with Gasteiger partial charge < -0.3 is 20.0 Å². The first-order valence-electron chi connectivity index (χ1n) is 7.75. The Bertz CT molecular complexity index is 760. The van der Waals surface area contributed by atoms with Gasteiger partial charge >= 0.3 is 5.97 Å². The molecule has 0 aliphatic carbocycles. The fraction of sp³-hybridized carbons (Fsp3) is 0.222. The highest BCUT2D eigenvalue weighted by Gasteiger charge is 2.13. The van der Waals surface area contributed by atoms with Crippen LogP contribution < -0.4 is 15.2 Å². The minimum Gasteiger partial charge on any atom is -0.490 e. The molecule has 132 valence electrons. The minimum absolute atomic E-state index is 0.0704. The van der Waals surface area contributed by atoms with Gasteiger partial charge in [-0.3, -0.25) is 0 Å². The van der Waals surface area contributed by atoms with Crippen molar-refractivity contribution < 1.29 is 19.1 Å². The molecule has 6 nitrogen and oxygen atoms in total. The number of halogens is 1. The second-order valence-corrected chi connectivity index (χ2v) is 5.33. The number of ether oxygens (including phenoxy) is 2. The summed E-state index contributed by atoms with van der Waals surface area (Å²) in [7, 11) is 0. The van der Waals surface area contributed by atoms with Crippen LogP contribution in [-0.2, 0) is 4.84 Å². The quantitative estimate of drug-likeness (QED) is 0.352. The van der Waals surface area contributed by atoms with E-state index in [0.29, 0.717) is 35.3 Å². The molecule has 0 aliphatic heterocycles. The summed E-state index contributed by atoms with van der Waals surface area (Å²) < 4.78 is 10.9. The number of hydrogen-bond acceptors (Lipinski definition) is 5. The Labute approximate surface area is 151 Å². The maximum Gasteiger partial charge on any atom is 0.365 e. The molecule has 25 heavy (non-hydrogen) atoms. The first-order chi connectivity index (χ1) is 12.0. The topological polar surface area (TPSA) is 83.1 Å². The number of nitrogens with two attached hydrogens (primary N) is 1. The predicted molar refractivity (Wildman–Crippen MR) is 96.4 cm³/mol. The van der Waals surface area contributed by atoms with Crippen molar-refractivity contribution in [3.8, 4) is 11.5 Å². The Hall–Kier alpha value is -2.73. The normalized spacial score (nSPS) is 11.1. The SMILES string of the molecule is CCOc1ccc(C(=O)O/N=C(/N)c2ccc(Cl)cc2)cc1OCC. The number of carbonyl (C=O) groups is 1. The van der Waals surface area contributed by atoms with E-state index in [1.807, 2.05) is 13.8 Å². The van der Waals surface area contributed by atoms with Crippen LogP contribution in [0, 0.1) is 0 Å². The molecule has 2 aromatic rings. The van der Waals surface area contributed by atoms with E-state index in [1.165, 1.54) is 0 Å². The molecule has 0 aliphatic rings. The summed E-state index contributed by atoms with van der Waals surface area (Å²) in [6, 6.07) is 11.5. The molecule has 0 saturated heterocycles. The summed E-state index contributed by atoms with van der Waals surface area (Å²) in [4.78, 5) is 17.1. The van der Waals surface area contributed by atoms with Gasteiger partial charge in [0.1, 0.15) is 0 Å². The van der Waals surface area contributed by atoms with Crippen molar-refractivity contribution in [2.45, 2.75) is 13.8 Å². The van der Waals surface area contributed by atoms with Crippen LogP contribution in [0.3, 0.4) is 0 Å². The molecule has 0 radical (unpaired) electrons. The van der Waals surface area contributed by atoms with Gasteiger partial charge in [-0.2, -0.15) is 0 Å². The molecular formula is C18H19ClN2O4. The third-order valence-corrected chi connectivity index (χ3v) is 3.40. The molecule has 2 rings (SSSR count). The van der Waals surface area contributed by atoms with E-state index < -0.39 is 5.97 Å². The average Bonchev–Trinajstić information content (AvgIpc) is 2.62. The zero-order valence-corrected chi connectivity index (χ0v) is 14.7. The van der Waals surface area contributed by atoms with Crippen molar-refractivity contribution >= 4 is 23.4 Å². The number of hydrogen-bond donors (Lipinski definition) is 1. The fourth-order valence-corrected chi connectivity index (χ4v) is 2.12. The van der Waals surface area contributed by atoms with Gasteiger partial charge in [0.25, 0.3) is 0 Å². The van der Waals surface area contributed by atoms with Crippen molar-refractivity contribution in [3.63, 3.8) is 0 Å². The Kier molecular flexibility index (Phi) is 6.65. The van der Waals surface area contributed by atoms with E-state index in [1.54, 1.807) is 42.5 Å². The lowest BCUT2D eigenvalue weighted by molar-refractivity contribution is 0.0515. The largest absolute Gasteiger partial charge is 0.490 e. The van der Waals surface area contributed by atoms with Crippen LogP contribution in [0.15, 0.2) is 47.6 Å².